The molecule has 1 aromatic rings. The van der Waals surface area contributed by atoms with Crippen LogP contribution in [-0.2, 0) is 0 Å². The second-order valence-electron chi connectivity index (χ2n) is 6.02. The Labute approximate surface area is 128 Å². The smallest absolute Gasteiger partial charge is 0.311 e. The Bertz CT molecular complexity index is 619. The van der Waals surface area contributed by atoms with E-state index in [1.54, 1.807) is 11.0 Å². The summed E-state index contributed by atoms with van der Waals surface area (Å²) in [6, 6.07) is 4.48. The molecule has 22 heavy (non-hydrogen) atoms. The molecule has 0 aromatic heterocycles. The molecule has 1 aliphatic carbocycles. The van der Waals surface area contributed by atoms with Crippen molar-refractivity contribution in [3.05, 3.63) is 33.9 Å². The van der Waals surface area contributed by atoms with Crippen LogP contribution < -0.4 is 10.5 Å². The number of hydrogen-bond acceptors (Lipinski definition) is 5. The van der Waals surface area contributed by atoms with Gasteiger partial charge in [0.2, 0.25) is 0 Å². The molecular weight excluding hydrogens is 286 g/mol. The predicted molar refractivity (Wildman–Crippen MR) is 79.7 cm³/mol. The number of amides is 1. The van der Waals surface area contributed by atoms with Crippen molar-refractivity contribution >= 4 is 11.6 Å². The van der Waals surface area contributed by atoms with Crippen LogP contribution in [0, 0.1) is 22.0 Å². The fraction of sp³-hybridized carbons (Fsp3) is 0.533. The van der Waals surface area contributed by atoms with E-state index in [1.807, 2.05) is 0 Å². The van der Waals surface area contributed by atoms with E-state index < -0.39 is 4.92 Å². The molecule has 2 fully saturated rings. The lowest BCUT2D eigenvalue weighted by Gasteiger charge is -2.19. The number of nitro groups is 1. The maximum atomic E-state index is 12.6. The van der Waals surface area contributed by atoms with E-state index >= 15 is 0 Å². The Kier molecular flexibility index (Phi) is 3.74. The van der Waals surface area contributed by atoms with Crippen LogP contribution in [0.15, 0.2) is 18.2 Å². The van der Waals surface area contributed by atoms with Gasteiger partial charge in [0.05, 0.1) is 12.0 Å². The maximum Gasteiger partial charge on any atom is 0.311 e. The average Bonchev–Trinajstić information content (AvgIpc) is 3.08. The quantitative estimate of drug-likeness (QED) is 0.672. The van der Waals surface area contributed by atoms with Crippen LogP contribution in [0.4, 0.5) is 5.69 Å². The van der Waals surface area contributed by atoms with Crippen molar-refractivity contribution in [2.75, 3.05) is 20.2 Å². The third kappa shape index (κ3) is 2.41. The highest BCUT2D eigenvalue weighted by Gasteiger charge is 2.42. The number of fused-ring (bicyclic) bond motifs is 1. The Morgan fingerprint density at radius 3 is 2.82 bits per heavy atom. The summed E-state index contributed by atoms with van der Waals surface area (Å²) in [5.74, 6) is 0.804. The summed E-state index contributed by atoms with van der Waals surface area (Å²) in [7, 11) is 1.37. The van der Waals surface area contributed by atoms with Crippen molar-refractivity contribution in [2.45, 2.75) is 18.9 Å². The van der Waals surface area contributed by atoms with Crippen LogP contribution in [0.5, 0.6) is 5.75 Å². The van der Waals surface area contributed by atoms with E-state index in [0.29, 0.717) is 30.5 Å². The number of hydrogen-bond donors (Lipinski definition) is 1. The van der Waals surface area contributed by atoms with Crippen molar-refractivity contribution in [2.24, 2.45) is 17.6 Å². The van der Waals surface area contributed by atoms with Crippen molar-refractivity contribution in [1.29, 1.82) is 0 Å². The first-order chi connectivity index (χ1) is 10.5. The summed E-state index contributed by atoms with van der Waals surface area (Å²) in [4.78, 5) is 24.9. The fourth-order valence-corrected chi connectivity index (χ4v) is 3.62. The molecule has 1 amide bonds. The Morgan fingerprint density at radius 1 is 1.41 bits per heavy atom. The van der Waals surface area contributed by atoms with Crippen molar-refractivity contribution in [3.63, 3.8) is 0 Å². The largest absolute Gasteiger partial charge is 0.490 e. The zero-order valence-electron chi connectivity index (χ0n) is 12.4. The highest BCUT2D eigenvalue weighted by Crippen LogP contribution is 2.38. The number of carbonyl (C=O) groups excluding carboxylic acids is 1. The summed E-state index contributed by atoms with van der Waals surface area (Å²) in [5, 5.41) is 11.1. The number of ether oxygens (including phenoxy) is 1. The minimum absolute atomic E-state index is 0.155. The summed E-state index contributed by atoms with van der Waals surface area (Å²) >= 11 is 0. The molecular formula is C15H19N3O4. The second-order valence-corrected chi connectivity index (χ2v) is 6.02. The van der Waals surface area contributed by atoms with E-state index in [1.165, 1.54) is 19.2 Å². The number of nitro benzene ring substituents is 1. The minimum atomic E-state index is -0.537. The zero-order valence-corrected chi connectivity index (χ0v) is 12.4. The Morgan fingerprint density at radius 2 is 2.18 bits per heavy atom. The van der Waals surface area contributed by atoms with E-state index in [2.05, 4.69) is 0 Å². The molecule has 1 aromatic carbocycles. The molecule has 2 N–H and O–H groups in total. The first-order valence-corrected chi connectivity index (χ1v) is 7.38. The lowest BCUT2D eigenvalue weighted by Crippen LogP contribution is -2.33. The van der Waals surface area contributed by atoms with Crippen LogP contribution in [0.2, 0.25) is 0 Å². The van der Waals surface area contributed by atoms with Crippen molar-refractivity contribution in [1.82, 2.24) is 4.90 Å². The number of carbonyl (C=O) groups is 1. The predicted octanol–water partition coefficient (Wildman–Crippen LogP) is 1.41. The Balaban J connectivity index is 1.81. The van der Waals surface area contributed by atoms with Crippen LogP contribution >= 0.6 is 0 Å². The summed E-state index contributed by atoms with van der Waals surface area (Å²) < 4.78 is 4.96. The average molecular weight is 305 g/mol. The highest BCUT2D eigenvalue weighted by molar-refractivity contribution is 5.95. The third-order valence-corrected chi connectivity index (χ3v) is 4.82. The van der Waals surface area contributed by atoms with Crippen LogP contribution in [0.3, 0.4) is 0 Å². The summed E-state index contributed by atoms with van der Waals surface area (Å²) in [6.45, 7) is 1.33. The van der Waals surface area contributed by atoms with E-state index in [0.717, 1.165) is 12.8 Å². The minimum Gasteiger partial charge on any atom is -0.490 e. The standard InChI is InChI=1S/C15H19N3O4/c1-22-14-5-3-9(6-13(14)18(20)21)15(19)17-7-10-2-4-12(16)11(10)8-17/h3,5-6,10-12H,2,4,7-8,16H2,1H3. The van der Waals surface area contributed by atoms with Crippen LogP contribution in [0.25, 0.3) is 0 Å². The number of nitrogens with zero attached hydrogens (tertiary/aromatic N) is 2. The second kappa shape index (κ2) is 5.57. The molecule has 0 bridgehead atoms. The topological polar surface area (TPSA) is 98.7 Å². The molecule has 1 aliphatic heterocycles. The molecule has 3 rings (SSSR count). The van der Waals surface area contributed by atoms with Crippen molar-refractivity contribution < 1.29 is 14.5 Å². The van der Waals surface area contributed by atoms with Crippen LogP contribution in [-0.4, -0.2) is 42.0 Å². The molecule has 1 heterocycles. The van der Waals surface area contributed by atoms with Gasteiger partial charge >= 0.3 is 5.69 Å². The molecule has 1 saturated heterocycles. The molecule has 7 heteroatoms. The highest BCUT2D eigenvalue weighted by atomic mass is 16.6. The van der Waals surface area contributed by atoms with Gasteiger partial charge in [-0.15, -0.1) is 0 Å². The molecule has 1 saturated carbocycles. The molecule has 3 unspecified atom stereocenters. The lowest BCUT2D eigenvalue weighted by atomic mass is 9.98. The number of methoxy groups -OCH3 is 1. The van der Waals surface area contributed by atoms with Gasteiger partial charge in [0.15, 0.2) is 5.75 Å². The summed E-state index contributed by atoms with van der Waals surface area (Å²) in [6.07, 6.45) is 2.07. The maximum absolute atomic E-state index is 12.6. The van der Waals surface area contributed by atoms with E-state index in [-0.39, 0.29) is 23.4 Å². The number of nitrogens with two attached hydrogens (primary N) is 1. The fourth-order valence-electron chi connectivity index (χ4n) is 3.62. The molecule has 0 radical (unpaired) electrons. The van der Waals surface area contributed by atoms with Gasteiger partial charge in [0.25, 0.3) is 5.91 Å². The Hall–Kier alpha value is -2.15. The van der Waals surface area contributed by atoms with Crippen LogP contribution in [0.1, 0.15) is 23.2 Å². The zero-order chi connectivity index (χ0) is 15.9. The van der Waals surface area contributed by atoms with Gasteiger partial charge in [-0.2, -0.15) is 0 Å². The monoisotopic (exact) mass is 305 g/mol. The number of likely N-dealkylation sites (tertiary alicyclic amines) is 1. The lowest BCUT2D eigenvalue weighted by molar-refractivity contribution is -0.385. The third-order valence-electron chi connectivity index (χ3n) is 4.82. The van der Waals surface area contributed by atoms with Gasteiger partial charge in [-0.05, 0) is 36.8 Å². The van der Waals surface area contributed by atoms with Gasteiger partial charge in [-0.25, -0.2) is 0 Å². The molecule has 3 atom stereocenters. The van der Waals surface area contributed by atoms with Gasteiger partial charge in [-0.3, -0.25) is 14.9 Å². The first kappa shape index (κ1) is 14.8. The van der Waals surface area contributed by atoms with Gasteiger partial charge in [0, 0.05) is 30.8 Å². The molecule has 2 aliphatic rings. The normalized spacial score (nSPS) is 26.8. The number of benzene rings is 1. The van der Waals surface area contributed by atoms with E-state index in [9.17, 15) is 14.9 Å². The number of rotatable bonds is 3. The van der Waals surface area contributed by atoms with Gasteiger partial charge < -0.3 is 15.4 Å². The van der Waals surface area contributed by atoms with Gasteiger partial charge in [0.1, 0.15) is 0 Å². The van der Waals surface area contributed by atoms with Gasteiger partial charge in [-0.1, -0.05) is 0 Å². The first-order valence-electron chi connectivity index (χ1n) is 7.38. The SMILES string of the molecule is COc1ccc(C(=O)N2CC3CCC(N)C3C2)cc1[N+](=O)[O-]. The van der Waals surface area contributed by atoms with Crippen molar-refractivity contribution in [3.8, 4) is 5.75 Å². The molecule has 118 valence electrons. The van der Waals surface area contributed by atoms with E-state index in [4.69, 9.17) is 10.5 Å². The molecule has 7 nitrogen and oxygen atoms in total. The summed E-state index contributed by atoms with van der Waals surface area (Å²) in [5.41, 5.74) is 6.21. The molecule has 0 spiro atoms.